The summed E-state index contributed by atoms with van der Waals surface area (Å²) in [7, 11) is 0. The SMILES string of the molecule is CC/C=C\c1cn(S)c2ncc(Br)nc12. The highest BCUT2D eigenvalue weighted by Crippen LogP contribution is 2.21. The molecule has 0 aromatic carbocycles. The van der Waals surface area contributed by atoms with Gasteiger partial charge in [0.25, 0.3) is 0 Å². The first-order chi connectivity index (χ1) is 7.22. The zero-order valence-electron chi connectivity index (χ0n) is 8.18. The number of hydrogen-bond donors (Lipinski definition) is 1. The van der Waals surface area contributed by atoms with E-state index in [2.05, 4.69) is 51.7 Å². The van der Waals surface area contributed by atoms with Gasteiger partial charge in [0.1, 0.15) is 10.1 Å². The molecule has 3 nitrogen and oxygen atoms in total. The summed E-state index contributed by atoms with van der Waals surface area (Å²) < 4.78 is 2.42. The number of halogens is 1. The van der Waals surface area contributed by atoms with E-state index in [0.717, 1.165) is 27.8 Å². The molecule has 0 amide bonds. The van der Waals surface area contributed by atoms with E-state index in [1.807, 2.05) is 12.3 Å². The van der Waals surface area contributed by atoms with E-state index >= 15 is 0 Å². The van der Waals surface area contributed by atoms with Gasteiger partial charge in [0.05, 0.1) is 6.20 Å². The molecule has 0 saturated heterocycles. The average Bonchev–Trinajstić information content (AvgIpc) is 2.52. The van der Waals surface area contributed by atoms with Crippen LogP contribution in [-0.4, -0.2) is 13.9 Å². The number of allylic oxidation sites excluding steroid dienone is 1. The van der Waals surface area contributed by atoms with E-state index in [0.29, 0.717) is 0 Å². The van der Waals surface area contributed by atoms with Crippen LogP contribution >= 0.6 is 28.7 Å². The fourth-order valence-electron chi connectivity index (χ4n) is 1.34. The van der Waals surface area contributed by atoms with Crippen molar-refractivity contribution in [1.29, 1.82) is 0 Å². The van der Waals surface area contributed by atoms with Gasteiger partial charge in [0, 0.05) is 11.8 Å². The van der Waals surface area contributed by atoms with Gasteiger partial charge in [0.2, 0.25) is 0 Å². The van der Waals surface area contributed by atoms with Crippen LogP contribution in [0.4, 0.5) is 0 Å². The van der Waals surface area contributed by atoms with Crippen molar-refractivity contribution in [2.45, 2.75) is 13.3 Å². The number of thiol groups is 1. The van der Waals surface area contributed by atoms with Gasteiger partial charge in [-0.1, -0.05) is 31.9 Å². The van der Waals surface area contributed by atoms with E-state index < -0.39 is 0 Å². The minimum Gasteiger partial charge on any atom is -0.276 e. The molecular weight excluding hydrogens is 274 g/mol. The second-order valence-electron chi connectivity index (χ2n) is 3.10. The molecule has 0 radical (unpaired) electrons. The number of nitrogens with zero attached hydrogens (tertiary/aromatic N) is 3. The average molecular weight is 284 g/mol. The second kappa shape index (κ2) is 4.37. The van der Waals surface area contributed by atoms with Gasteiger partial charge >= 0.3 is 0 Å². The van der Waals surface area contributed by atoms with E-state index in [4.69, 9.17) is 0 Å². The molecule has 0 atom stereocenters. The lowest BCUT2D eigenvalue weighted by molar-refractivity contribution is 1.21. The van der Waals surface area contributed by atoms with Crippen LogP contribution in [0.5, 0.6) is 0 Å². The summed E-state index contributed by atoms with van der Waals surface area (Å²) in [5.74, 6) is 0. The van der Waals surface area contributed by atoms with Crippen LogP contribution in [0.1, 0.15) is 18.9 Å². The fraction of sp³-hybridized carbons (Fsp3) is 0.200. The quantitative estimate of drug-likeness (QED) is 0.858. The van der Waals surface area contributed by atoms with Crippen molar-refractivity contribution >= 4 is 46.0 Å². The third-order valence-electron chi connectivity index (χ3n) is 2.01. The first-order valence-corrected chi connectivity index (χ1v) is 5.81. The number of fused-ring (bicyclic) bond motifs is 1. The molecule has 0 bridgehead atoms. The molecule has 78 valence electrons. The molecule has 0 N–H and O–H groups in total. The smallest absolute Gasteiger partial charge is 0.169 e. The normalized spacial score (nSPS) is 11.7. The van der Waals surface area contributed by atoms with Gasteiger partial charge in [-0.05, 0) is 22.4 Å². The van der Waals surface area contributed by atoms with Crippen LogP contribution in [0.3, 0.4) is 0 Å². The van der Waals surface area contributed by atoms with Gasteiger partial charge in [-0.25, -0.2) is 9.97 Å². The lowest BCUT2D eigenvalue weighted by Crippen LogP contribution is -1.84. The maximum absolute atomic E-state index is 4.38. The van der Waals surface area contributed by atoms with Crippen molar-refractivity contribution in [2.24, 2.45) is 0 Å². The monoisotopic (exact) mass is 283 g/mol. The van der Waals surface area contributed by atoms with Gasteiger partial charge in [-0.15, -0.1) is 0 Å². The Morgan fingerprint density at radius 2 is 2.40 bits per heavy atom. The minimum atomic E-state index is 0.737. The summed E-state index contributed by atoms with van der Waals surface area (Å²) >= 11 is 7.60. The van der Waals surface area contributed by atoms with Crippen molar-refractivity contribution in [3.05, 3.63) is 28.6 Å². The first kappa shape index (κ1) is 10.7. The largest absolute Gasteiger partial charge is 0.276 e. The Balaban J connectivity index is 2.64. The molecule has 0 unspecified atom stereocenters. The molecule has 0 aliphatic carbocycles. The van der Waals surface area contributed by atoms with Crippen molar-refractivity contribution < 1.29 is 0 Å². The summed E-state index contributed by atoms with van der Waals surface area (Å²) in [5, 5.41) is 0. The van der Waals surface area contributed by atoms with Crippen LogP contribution in [0.25, 0.3) is 17.2 Å². The summed E-state index contributed by atoms with van der Waals surface area (Å²) in [5.41, 5.74) is 2.68. The molecule has 5 heteroatoms. The summed E-state index contributed by atoms with van der Waals surface area (Å²) in [6, 6.07) is 0. The molecule has 0 aliphatic heterocycles. The Hall–Kier alpha value is -0.810. The summed E-state index contributed by atoms with van der Waals surface area (Å²) in [6.07, 6.45) is 8.71. The number of rotatable bonds is 2. The number of aromatic nitrogens is 3. The Kier molecular flexibility index (Phi) is 3.11. The van der Waals surface area contributed by atoms with Crippen molar-refractivity contribution in [3.8, 4) is 0 Å². The van der Waals surface area contributed by atoms with E-state index in [1.54, 1.807) is 10.2 Å². The van der Waals surface area contributed by atoms with Crippen LogP contribution in [-0.2, 0) is 0 Å². The summed E-state index contributed by atoms with van der Waals surface area (Å²) in [6.45, 7) is 2.10. The highest BCUT2D eigenvalue weighted by molar-refractivity contribution is 9.10. The minimum absolute atomic E-state index is 0.737. The second-order valence-corrected chi connectivity index (χ2v) is 4.35. The molecule has 0 saturated carbocycles. The third kappa shape index (κ3) is 2.08. The van der Waals surface area contributed by atoms with Crippen molar-refractivity contribution in [2.75, 3.05) is 0 Å². The van der Waals surface area contributed by atoms with Gasteiger partial charge in [0.15, 0.2) is 5.65 Å². The molecule has 0 aliphatic rings. The maximum Gasteiger partial charge on any atom is 0.169 e. The Morgan fingerprint density at radius 1 is 1.60 bits per heavy atom. The highest BCUT2D eigenvalue weighted by atomic mass is 79.9. The fourth-order valence-corrected chi connectivity index (χ4v) is 1.89. The predicted molar refractivity (Wildman–Crippen MR) is 68.9 cm³/mol. The Labute approximate surface area is 102 Å². The standard InChI is InChI=1S/C10H10BrN3S/c1-2-3-4-7-6-14(15)10-9(7)13-8(11)5-12-10/h3-6,15H,2H2,1H3/b4-3-. The van der Waals surface area contributed by atoms with E-state index in [9.17, 15) is 0 Å². The zero-order valence-corrected chi connectivity index (χ0v) is 10.7. The van der Waals surface area contributed by atoms with Crippen LogP contribution in [0, 0.1) is 0 Å². The van der Waals surface area contributed by atoms with Gasteiger partial charge < -0.3 is 0 Å². The molecule has 0 fully saturated rings. The molecule has 15 heavy (non-hydrogen) atoms. The third-order valence-corrected chi connectivity index (χ3v) is 2.70. The molecule has 0 spiro atoms. The predicted octanol–water partition coefficient (Wildman–Crippen LogP) is 3.31. The summed E-state index contributed by atoms with van der Waals surface area (Å²) in [4.78, 5) is 8.63. The Bertz CT molecular complexity index is 519. The van der Waals surface area contributed by atoms with E-state index in [-0.39, 0.29) is 0 Å². The molecule has 2 aromatic rings. The van der Waals surface area contributed by atoms with Crippen molar-refractivity contribution in [1.82, 2.24) is 13.9 Å². The van der Waals surface area contributed by atoms with E-state index in [1.165, 1.54) is 0 Å². The molecule has 2 aromatic heterocycles. The maximum atomic E-state index is 4.38. The van der Waals surface area contributed by atoms with Crippen LogP contribution in [0.15, 0.2) is 23.1 Å². The first-order valence-electron chi connectivity index (χ1n) is 4.61. The lowest BCUT2D eigenvalue weighted by Gasteiger charge is -1.93. The van der Waals surface area contributed by atoms with Gasteiger partial charge in [-0.2, -0.15) is 0 Å². The van der Waals surface area contributed by atoms with Gasteiger partial charge in [-0.3, -0.25) is 3.97 Å². The molecule has 2 rings (SSSR count). The highest BCUT2D eigenvalue weighted by Gasteiger charge is 2.07. The Morgan fingerprint density at radius 3 is 3.13 bits per heavy atom. The molecule has 2 heterocycles. The lowest BCUT2D eigenvalue weighted by atomic mass is 10.2. The zero-order chi connectivity index (χ0) is 10.8. The topological polar surface area (TPSA) is 30.7 Å². The molecular formula is C10H10BrN3S. The van der Waals surface area contributed by atoms with Crippen molar-refractivity contribution in [3.63, 3.8) is 0 Å². The van der Waals surface area contributed by atoms with Crippen LogP contribution < -0.4 is 0 Å². The van der Waals surface area contributed by atoms with Crippen LogP contribution in [0.2, 0.25) is 0 Å². The number of hydrogen-bond acceptors (Lipinski definition) is 3.